The number of aliphatic hydroxyl groups is 1. The maximum absolute atomic E-state index is 13.6. The summed E-state index contributed by atoms with van der Waals surface area (Å²) in [5.41, 5.74) is -0.127. The average molecular weight is 274 g/mol. The first-order chi connectivity index (χ1) is 8.63. The monoisotopic (exact) mass is 273 g/mol. The Morgan fingerprint density at radius 3 is 3.06 bits per heavy atom. The summed E-state index contributed by atoms with van der Waals surface area (Å²) in [6, 6.07) is 4.12. The summed E-state index contributed by atoms with van der Waals surface area (Å²) in [7, 11) is 0. The lowest BCUT2D eigenvalue weighted by Gasteiger charge is -2.32. The Bertz CT molecular complexity index is 435. The second kappa shape index (κ2) is 5.65. The van der Waals surface area contributed by atoms with Gasteiger partial charge >= 0.3 is 0 Å². The Hall–Kier alpha value is -1.17. The number of nitrogens with zero attached hydrogens (tertiary/aromatic N) is 1. The fourth-order valence-electron chi connectivity index (χ4n) is 1.87. The van der Waals surface area contributed by atoms with Crippen LogP contribution in [-0.2, 0) is 4.74 Å². The summed E-state index contributed by atoms with van der Waals surface area (Å²) >= 11 is 5.85. The average Bonchev–Trinajstić information content (AvgIpc) is 2.38. The topological polar surface area (TPSA) is 49.8 Å². The van der Waals surface area contributed by atoms with E-state index in [4.69, 9.17) is 21.4 Å². The Morgan fingerprint density at radius 2 is 2.39 bits per heavy atom. The van der Waals surface area contributed by atoms with Gasteiger partial charge in [-0.25, -0.2) is 4.39 Å². The van der Waals surface area contributed by atoms with Gasteiger partial charge in [0, 0.05) is 13.1 Å². The lowest BCUT2D eigenvalue weighted by molar-refractivity contribution is -0.0448. The van der Waals surface area contributed by atoms with Crippen LogP contribution in [0.3, 0.4) is 0 Å². The van der Waals surface area contributed by atoms with E-state index in [1.54, 1.807) is 0 Å². The molecule has 1 aliphatic rings. The van der Waals surface area contributed by atoms with E-state index in [2.05, 4.69) is 0 Å². The summed E-state index contributed by atoms with van der Waals surface area (Å²) in [6.07, 6.45) is -0.423. The highest BCUT2D eigenvalue weighted by molar-refractivity contribution is 6.33. The van der Waals surface area contributed by atoms with Gasteiger partial charge in [0.05, 0.1) is 29.9 Å². The van der Waals surface area contributed by atoms with Gasteiger partial charge in [-0.05, 0) is 12.1 Å². The van der Waals surface area contributed by atoms with E-state index in [0.29, 0.717) is 13.2 Å². The minimum atomic E-state index is -0.639. The number of rotatable bonds is 2. The van der Waals surface area contributed by atoms with Crippen molar-refractivity contribution in [2.75, 3.05) is 26.3 Å². The summed E-state index contributed by atoms with van der Waals surface area (Å²) in [5, 5.41) is 9.10. The smallest absolute Gasteiger partial charge is 0.258 e. The van der Waals surface area contributed by atoms with E-state index >= 15 is 0 Å². The van der Waals surface area contributed by atoms with Gasteiger partial charge < -0.3 is 14.7 Å². The standard InChI is InChI=1S/C12H13ClFNO3/c13-9-2-1-3-10(14)11(9)12(17)15-4-5-18-8(6-15)7-16/h1-3,8,16H,4-7H2. The van der Waals surface area contributed by atoms with Crippen molar-refractivity contribution >= 4 is 17.5 Å². The number of amides is 1. The number of ether oxygens (including phenoxy) is 1. The Morgan fingerprint density at radius 1 is 1.61 bits per heavy atom. The maximum Gasteiger partial charge on any atom is 0.258 e. The molecule has 1 aromatic carbocycles. The summed E-state index contributed by atoms with van der Waals surface area (Å²) in [6.45, 7) is 0.748. The van der Waals surface area contributed by atoms with E-state index in [1.165, 1.54) is 23.1 Å². The highest BCUT2D eigenvalue weighted by Crippen LogP contribution is 2.21. The normalized spacial score (nSPS) is 19.9. The number of hydrogen-bond acceptors (Lipinski definition) is 3. The van der Waals surface area contributed by atoms with Crippen LogP contribution in [0.15, 0.2) is 18.2 Å². The minimum absolute atomic E-state index is 0.0899. The zero-order valence-corrected chi connectivity index (χ0v) is 10.4. The molecule has 1 aliphatic heterocycles. The highest BCUT2D eigenvalue weighted by atomic mass is 35.5. The molecule has 1 N–H and O–H groups in total. The van der Waals surface area contributed by atoms with Gasteiger partial charge in [-0.2, -0.15) is 0 Å². The number of carbonyl (C=O) groups is 1. The van der Waals surface area contributed by atoms with Crippen LogP contribution in [0, 0.1) is 5.82 Å². The fraction of sp³-hybridized carbons (Fsp3) is 0.417. The predicted molar refractivity (Wildman–Crippen MR) is 64.1 cm³/mol. The number of carbonyl (C=O) groups excluding carboxylic acids is 1. The molecule has 6 heteroatoms. The molecule has 4 nitrogen and oxygen atoms in total. The van der Waals surface area contributed by atoms with Gasteiger partial charge in [0.15, 0.2) is 0 Å². The largest absolute Gasteiger partial charge is 0.394 e. The van der Waals surface area contributed by atoms with E-state index in [1.807, 2.05) is 0 Å². The van der Waals surface area contributed by atoms with Crippen molar-refractivity contribution in [3.8, 4) is 0 Å². The van der Waals surface area contributed by atoms with Crippen LogP contribution in [0.5, 0.6) is 0 Å². The van der Waals surface area contributed by atoms with Crippen LogP contribution in [-0.4, -0.2) is 48.3 Å². The summed E-state index contributed by atoms with van der Waals surface area (Å²) in [4.78, 5) is 13.6. The molecule has 0 spiro atoms. The maximum atomic E-state index is 13.6. The van der Waals surface area contributed by atoms with E-state index in [0.717, 1.165) is 0 Å². The highest BCUT2D eigenvalue weighted by Gasteiger charge is 2.27. The minimum Gasteiger partial charge on any atom is -0.394 e. The van der Waals surface area contributed by atoms with Crippen molar-refractivity contribution in [2.24, 2.45) is 0 Å². The fourth-order valence-corrected chi connectivity index (χ4v) is 2.12. The van der Waals surface area contributed by atoms with Crippen LogP contribution < -0.4 is 0 Å². The van der Waals surface area contributed by atoms with Crippen molar-refractivity contribution in [3.05, 3.63) is 34.6 Å². The number of morpholine rings is 1. The number of benzene rings is 1. The van der Waals surface area contributed by atoms with Gasteiger partial charge in [0.2, 0.25) is 0 Å². The number of halogens is 2. The van der Waals surface area contributed by atoms with Crippen molar-refractivity contribution in [2.45, 2.75) is 6.10 Å². The van der Waals surface area contributed by atoms with Gasteiger partial charge in [0.25, 0.3) is 5.91 Å². The van der Waals surface area contributed by atoms with E-state index in [9.17, 15) is 9.18 Å². The third kappa shape index (κ3) is 2.63. The molecule has 2 rings (SSSR count). The van der Waals surface area contributed by atoms with Crippen molar-refractivity contribution in [3.63, 3.8) is 0 Å². The van der Waals surface area contributed by atoms with Crippen LogP contribution in [0.2, 0.25) is 5.02 Å². The van der Waals surface area contributed by atoms with Crippen LogP contribution in [0.4, 0.5) is 4.39 Å². The second-order valence-corrected chi connectivity index (χ2v) is 4.43. The first-order valence-electron chi connectivity index (χ1n) is 5.59. The molecule has 1 unspecified atom stereocenters. The number of hydrogen-bond donors (Lipinski definition) is 1. The SMILES string of the molecule is O=C(c1c(F)cccc1Cl)N1CCOC(CO)C1. The Labute approximate surface area is 109 Å². The molecule has 1 aromatic rings. The molecule has 1 fully saturated rings. The van der Waals surface area contributed by atoms with Gasteiger partial charge in [-0.15, -0.1) is 0 Å². The third-order valence-corrected chi connectivity index (χ3v) is 3.12. The van der Waals surface area contributed by atoms with Crippen LogP contribution in [0.25, 0.3) is 0 Å². The molecule has 98 valence electrons. The quantitative estimate of drug-likeness (QED) is 0.884. The van der Waals surface area contributed by atoms with Gasteiger partial charge in [0.1, 0.15) is 5.82 Å². The molecule has 0 aliphatic carbocycles. The molecule has 0 bridgehead atoms. The molecule has 0 radical (unpaired) electrons. The lowest BCUT2D eigenvalue weighted by Crippen LogP contribution is -2.47. The molecular weight excluding hydrogens is 261 g/mol. The molecular formula is C12H13ClFNO3. The molecule has 1 heterocycles. The number of aliphatic hydroxyl groups excluding tert-OH is 1. The molecule has 18 heavy (non-hydrogen) atoms. The van der Waals surface area contributed by atoms with Crippen LogP contribution >= 0.6 is 11.6 Å². The lowest BCUT2D eigenvalue weighted by atomic mass is 10.1. The Kier molecular flexibility index (Phi) is 4.16. The zero-order valence-electron chi connectivity index (χ0n) is 9.60. The predicted octanol–water partition coefficient (Wildman–Crippen LogP) is 1.31. The first-order valence-corrected chi connectivity index (χ1v) is 5.97. The van der Waals surface area contributed by atoms with Gasteiger partial charge in [-0.1, -0.05) is 17.7 Å². The molecule has 1 amide bonds. The third-order valence-electron chi connectivity index (χ3n) is 2.81. The molecule has 0 aromatic heterocycles. The molecule has 1 atom stereocenters. The Balaban J connectivity index is 2.20. The van der Waals surface area contributed by atoms with Gasteiger partial charge in [-0.3, -0.25) is 4.79 Å². The molecule has 1 saturated heterocycles. The van der Waals surface area contributed by atoms with E-state index in [-0.39, 0.29) is 23.7 Å². The first kappa shape index (κ1) is 13.3. The van der Waals surface area contributed by atoms with Crippen molar-refractivity contribution < 1.29 is 19.0 Å². The summed E-state index contributed by atoms with van der Waals surface area (Å²) < 4.78 is 18.9. The summed E-state index contributed by atoms with van der Waals surface area (Å²) in [5.74, 6) is -1.11. The molecule has 0 saturated carbocycles. The van der Waals surface area contributed by atoms with Crippen molar-refractivity contribution in [1.82, 2.24) is 4.90 Å². The van der Waals surface area contributed by atoms with Crippen LogP contribution in [0.1, 0.15) is 10.4 Å². The van der Waals surface area contributed by atoms with Crippen molar-refractivity contribution in [1.29, 1.82) is 0 Å². The van der Waals surface area contributed by atoms with E-state index < -0.39 is 17.8 Å². The second-order valence-electron chi connectivity index (χ2n) is 4.02. The zero-order chi connectivity index (χ0) is 13.1.